The quantitative estimate of drug-likeness (QED) is 0.225. The first kappa shape index (κ1) is 23.0. The van der Waals surface area contributed by atoms with Crippen molar-refractivity contribution in [3.8, 4) is 0 Å². The molecule has 0 saturated carbocycles. The Balaban J connectivity index is -0.000000239. The van der Waals surface area contributed by atoms with Crippen molar-refractivity contribution in [2.24, 2.45) is 5.73 Å². The second-order valence-electron chi connectivity index (χ2n) is 2.90. The van der Waals surface area contributed by atoms with Crippen molar-refractivity contribution in [2.45, 2.75) is 13.3 Å². The smallest absolute Gasteiger partial charge is 0.328 e. The van der Waals surface area contributed by atoms with Gasteiger partial charge in [0.25, 0.3) is 0 Å². The number of hydrogen-bond donors (Lipinski definition) is 6. The lowest BCUT2D eigenvalue weighted by Crippen LogP contribution is -2.05. The van der Waals surface area contributed by atoms with Gasteiger partial charge in [-0.15, -0.1) is 0 Å². The number of nitrogens with two attached hydrogens (primary N) is 1. The van der Waals surface area contributed by atoms with Crippen LogP contribution in [-0.2, 0) is 19.2 Å². The Hall–Kier alpha value is -3.17. The third-order valence-electron chi connectivity index (χ3n) is 1.12. The molecule has 0 aliphatic heterocycles. The molecule has 0 aromatic rings. The molecular formula is C11H16N2O8. The Labute approximate surface area is 119 Å². The highest BCUT2D eigenvalue weighted by Crippen LogP contribution is 1.71. The molecule has 0 aliphatic carbocycles. The van der Waals surface area contributed by atoms with Gasteiger partial charge in [0.2, 0.25) is 0 Å². The Morgan fingerprint density at radius 3 is 1.00 bits per heavy atom. The Bertz CT molecular complexity index is 374. The standard InChI is InChI=1S/2C4H4O4.C3H8N2/c2*5-3(6)1-2-4(7)8;1-2-3(4)5/h2*1-2H,(H,5,6)(H,7,8);2H2,1H3,(H3,4,5)/b2*2-1-;. The molecule has 10 heteroatoms. The van der Waals surface area contributed by atoms with Crippen molar-refractivity contribution < 1.29 is 39.6 Å². The van der Waals surface area contributed by atoms with E-state index in [4.69, 9.17) is 31.6 Å². The number of hydrogen-bond acceptors (Lipinski definition) is 5. The number of nitrogens with one attached hydrogen (secondary N) is 1. The van der Waals surface area contributed by atoms with Gasteiger partial charge in [-0.3, -0.25) is 5.41 Å². The summed E-state index contributed by atoms with van der Waals surface area (Å²) in [5.41, 5.74) is 4.88. The van der Waals surface area contributed by atoms with E-state index >= 15 is 0 Å². The summed E-state index contributed by atoms with van der Waals surface area (Å²) >= 11 is 0. The van der Waals surface area contributed by atoms with Crippen LogP contribution in [0.3, 0.4) is 0 Å². The van der Waals surface area contributed by atoms with E-state index in [0.717, 1.165) is 0 Å². The summed E-state index contributed by atoms with van der Waals surface area (Å²) in [6.45, 7) is 1.85. The Morgan fingerprint density at radius 2 is 0.952 bits per heavy atom. The molecule has 0 atom stereocenters. The molecule has 10 nitrogen and oxygen atoms in total. The topological polar surface area (TPSA) is 199 Å². The highest BCUT2D eigenvalue weighted by Gasteiger charge is 1.88. The van der Waals surface area contributed by atoms with Gasteiger partial charge in [0.05, 0.1) is 5.84 Å². The van der Waals surface area contributed by atoms with E-state index in [1.807, 2.05) is 6.92 Å². The third-order valence-corrected chi connectivity index (χ3v) is 1.12. The SMILES string of the molecule is CCC(=N)N.O=C(O)/C=C\C(=O)O.O=C(O)/C=C\C(=O)O. The maximum absolute atomic E-state index is 9.55. The molecule has 0 rings (SSSR count). The van der Waals surface area contributed by atoms with Gasteiger partial charge < -0.3 is 26.2 Å². The number of rotatable bonds is 5. The Morgan fingerprint density at radius 1 is 0.810 bits per heavy atom. The highest BCUT2D eigenvalue weighted by atomic mass is 16.4. The minimum absolute atomic E-state index is 0.255. The van der Waals surface area contributed by atoms with E-state index < -0.39 is 23.9 Å². The van der Waals surface area contributed by atoms with Gasteiger partial charge in [-0.05, 0) is 0 Å². The molecule has 0 saturated heterocycles. The molecule has 0 aromatic heterocycles. The fraction of sp³-hybridized carbons (Fsp3) is 0.182. The first-order valence-electron chi connectivity index (χ1n) is 5.13. The van der Waals surface area contributed by atoms with Gasteiger partial charge in [-0.25, -0.2) is 19.2 Å². The number of carboxylic acid groups (broad SMARTS) is 4. The minimum atomic E-state index is -1.26. The van der Waals surface area contributed by atoms with E-state index in [1.54, 1.807) is 0 Å². The number of amidine groups is 1. The van der Waals surface area contributed by atoms with Gasteiger partial charge in [-0.1, -0.05) is 6.92 Å². The van der Waals surface area contributed by atoms with E-state index in [-0.39, 0.29) is 5.84 Å². The molecule has 0 unspecified atom stereocenters. The lowest BCUT2D eigenvalue weighted by atomic mass is 10.5. The maximum atomic E-state index is 9.55. The third kappa shape index (κ3) is 47.5. The molecule has 0 fully saturated rings. The molecule has 118 valence electrons. The summed E-state index contributed by atoms with van der Waals surface area (Å²) in [5.74, 6) is -4.77. The van der Waals surface area contributed by atoms with Crippen LogP contribution in [0.2, 0.25) is 0 Å². The number of aliphatic carboxylic acids is 4. The number of carbonyl (C=O) groups is 4. The predicted molar refractivity (Wildman–Crippen MR) is 71.0 cm³/mol. The zero-order valence-corrected chi connectivity index (χ0v) is 11.0. The zero-order valence-electron chi connectivity index (χ0n) is 11.0. The van der Waals surface area contributed by atoms with E-state index in [1.165, 1.54) is 0 Å². The molecule has 7 N–H and O–H groups in total. The fourth-order valence-corrected chi connectivity index (χ4v) is 0.285. The molecule has 0 amide bonds. The van der Waals surface area contributed by atoms with Crippen LogP contribution >= 0.6 is 0 Å². The van der Waals surface area contributed by atoms with Gasteiger partial charge in [0.15, 0.2) is 0 Å². The molecule has 21 heavy (non-hydrogen) atoms. The van der Waals surface area contributed by atoms with Crippen LogP contribution < -0.4 is 5.73 Å². The van der Waals surface area contributed by atoms with Gasteiger partial charge in [-0.2, -0.15) is 0 Å². The van der Waals surface area contributed by atoms with E-state index in [2.05, 4.69) is 0 Å². The lowest BCUT2D eigenvalue weighted by molar-refractivity contribution is -0.134. The molecule has 0 radical (unpaired) electrons. The number of carboxylic acids is 4. The predicted octanol–water partition coefficient (Wildman–Crippen LogP) is -0.244. The van der Waals surface area contributed by atoms with E-state index in [9.17, 15) is 19.2 Å². The van der Waals surface area contributed by atoms with Crippen LogP contribution in [0.5, 0.6) is 0 Å². The van der Waals surface area contributed by atoms with Crippen molar-refractivity contribution in [3.05, 3.63) is 24.3 Å². The second-order valence-corrected chi connectivity index (χ2v) is 2.90. The molecule has 0 spiro atoms. The fourth-order valence-electron chi connectivity index (χ4n) is 0.285. The van der Waals surface area contributed by atoms with Crippen LogP contribution in [0.15, 0.2) is 24.3 Å². The first-order valence-corrected chi connectivity index (χ1v) is 5.13. The average Bonchev–Trinajstić information content (AvgIpc) is 2.35. The van der Waals surface area contributed by atoms with Crippen LogP contribution in [0.4, 0.5) is 0 Å². The largest absolute Gasteiger partial charge is 0.478 e. The summed E-state index contributed by atoms with van der Waals surface area (Å²) < 4.78 is 0. The summed E-state index contributed by atoms with van der Waals surface area (Å²) in [7, 11) is 0. The van der Waals surface area contributed by atoms with Crippen LogP contribution in [0.25, 0.3) is 0 Å². The molecule has 0 aliphatic rings. The summed E-state index contributed by atoms with van der Waals surface area (Å²) in [6, 6.07) is 0. The first-order chi connectivity index (χ1) is 9.52. The van der Waals surface area contributed by atoms with Crippen molar-refractivity contribution in [3.63, 3.8) is 0 Å². The second kappa shape index (κ2) is 14.9. The molecular weight excluding hydrogens is 288 g/mol. The monoisotopic (exact) mass is 304 g/mol. The van der Waals surface area contributed by atoms with Crippen molar-refractivity contribution in [1.29, 1.82) is 5.41 Å². The lowest BCUT2D eigenvalue weighted by Gasteiger charge is -1.79. The van der Waals surface area contributed by atoms with Crippen molar-refractivity contribution in [2.75, 3.05) is 0 Å². The normalized spacial score (nSPS) is 9.00. The van der Waals surface area contributed by atoms with Crippen LogP contribution in [0, 0.1) is 5.41 Å². The minimum Gasteiger partial charge on any atom is -0.478 e. The zero-order chi connectivity index (χ0) is 17.4. The highest BCUT2D eigenvalue weighted by molar-refractivity contribution is 5.90. The summed E-state index contributed by atoms with van der Waals surface area (Å²) in [4.78, 5) is 38.2. The Kier molecular flexibility index (Phi) is 16.3. The van der Waals surface area contributed by atoms with Crippen molar-refractivity contribution in [1.82, 2.24) is 0 Å². The summed E-state index contributed by atoms with van der Waals surface area (Å²) in [5, 5.41) is 37.8. The molecule has 0 bridgehead atoms. The molecule has 0 heterocycles. The maximum Gasteiger partial charge on any atom is 0.328 e. The van der Waals surface area contributed by atoms with Gasteiger partial charge in [0.1, 0.15) is 0 Å². The van der Waals surface area contributed by atoms with Gasteiger partial charge >= 0.3 is 23.9 Å². The average molecular weight is 304 g/mol. The van der Waals surface area contributed by atoms with Crippen LogP contribution in [-0.4, -0.2) is 50.1 Å². The summed E-state index contributed by atoms with van der Waals surface area (Å²) in [6.07, 6.45) is 2.90. The van der Waals surface area contributed by atoms with E-state index in [0.29, 0.717) is 30.7 Å². The van der Waals surface area contributed by atoms with Crippen molar-refractivity contribution >= 4 is 29.7 Å². The molecule has 0 aromatic carbocycles. The van der Waals surface area contributed by atoms with Gasteiger partial charge in [0, 0.05) is 30.7 Å². The van der Waals surface area contributed by atoms with Crippen LogP contribution in [0.1, 0.15) is 13.3 Å².